The van der Waals surface area contributed by atoms with Crippen LogP contribution in [0.1, 0.15) is 26.7 Å². The monoisotopic (exact) mass is 277 g/mol. The number of hydrogen-bond donors (Lipinski definition) is 2. The maximum Gasteiger partial charge on any atom is 0.303 e. The summed E-state index contributed by atoms with van der Waals surface area (Å²) in [6, 6.07) is 0.266. The summed E-state index contributed by atoms with van der Waals surface area (Å²) in [5.74, 6) is -0.785. The molecule has 0 bridgehead atoms. The van der Waals surface area contributed by atoms with Crippen LogP contribution in [0.4, 0.5) is 0 Å². The molecule has 0 aliphatic carbocycles. The Hall–Kier alpha value is -0.690. The molecule has 2 N–H and O–H groups in total. The minimum Gasteiger partial charge on any atom is -0.481 e. The molecule has 0 saturated carbocycles. The summed E-state index contributed by atoms with van der Waals surface area (Å²) in [5.41, 5.74) is 0. The van der Waals surface area contributed by atoms with Crippen molar-refractivity contribution in [2.75, 3.05) is 40.0 Å². The summed E-state index contributed by atoms with van der Waals surface area (Å²) in [6.07, 6.45) is 0.179. The second-order valence-electron chi connectivity index (χ2n) is 4.81. The molecule has 0 heterocycles. The molecule has 0 amide bonds. The number of aliphatic carboxylic acids is 1. The zero-order valence-corrected chi connectivity index (χ0v) is 12.2. The number of ether oxygens (including phenoxy) is 2. The molecule has 0 aliphatic heterocycles. The number of nitrogens with zero attached hydrogens (tertiary/aromatic N) is 1. The maximum atomic E-state index is 10.5. The van der Waals surface area contributed by atoms with E-state index >= 15 is 0 Å². The fourth-order valence-corrected chi connectivity index (χ4v) is 1.68. The van der Waals surface area contributed by atoms with Gasteiger partial charge in [0.25, 0.3) is 0 Å². The van der Waals surface area contributed by atoms with Crippen LogP contribution in [-0.2, 0) is 14.3 Å². The van der Waals surface area contributed by atoms with E-state index in [1.807, 2.05) is 13.8 Å². The van der Waals surface area contributed by atoms with Gasteiger partial charge in [-0.05, 0) is 26.8 Å². The Kier molecular flexibility index (Phi) is 10.8. The van der Waals surface area contributed by atoms with E-state index in [-0.39, 0.29) is 19.1 Å². The van der Waals surface area contributed by atoms with Gasteiger partial charge >= 0.3 is 5.97 Å². The van der Waals surface area contributed by atoms with Gasteiger partial charge in [0.1, 0.15) is 0 Å². The molecule has 0 rings (SSSR count). The number of aliphatic hydroxyl groups is 1. The van der Waals surface area contributed by atoms with Crippen molar-refractivity contribution < 1.29 is 24.5 Å². The predicted molar refractivity (Wildman–Crippen MR) is 72.3 cm³/mol. The molecular weight excluding hydrogens is 250 g/mol. The van der Waals surface area contributed by atoms with Gasteiger partial charge in [0.05, 0.1) is 25.9 Å². The smallest absolute Gasteiger partial charge is 0.303 e. The molecule has 0 saturated heterocycles. The summed E-state index contributed by atoms with van der Waals surface area (Å²) in [5, 5.41) is 18.5. The van der Waals surface area contributed by atoms with Gasteiger partial charge in [-0.2, -0.15) is 0 Å². The van der Waals surface area contributed by atoms with Crippen LogP contribution in [0.2, 0.25) is 0 Å². The number of carboxylic acids is 1. The summed E-state index contributed by atoms with van der Waals surface area (Å²) < 4.78 is 10.1. The normalized spacial score (nSPS) is 13.2. The highest BCUT2D eigenvalue weighted by molar-refractivity contribution is 5.66. The van der Waals surface area contributed by atoms with E-state index in [0.717, 1.165) is 0 Å². The van der Waals surface area contributed by atoms with E-state index in [9.17, 15) is 9.90 Å². The number of methoxy groups -OCH3 is 1. The van der Waals surface area contributed by atoms with E-state index in [1.165, 1.54) is 0 Å². The zero-order chi connectivity index (χ0) is 14.7. The number of rotatable bonds is 12. The molecule has 1 unspecified atom stereocenters. The van der Waals surface area contributed by atoms with Crippen molar-refractivity contribution in [2.45, 2.75) is 38.8 Å². The van der Waals surface area contributed by atoms with Crippen molar-refractivity contribution in [2.24, 2.45) is 0 Å². The van der Waals surface area contributed by atoms with Gasteiger partial charge in [-0.3, -0.25) is 9.69 Å². The Morgan fingerprint density at radius 1 is 1.32 bits per heavy atom. The van der Waals surface area contributed by atoms with E-state index in [4.69, 9.17) is 14.6 Å². The third kappa shape index (κ3) is 10.9. The van der Waals surface area contributed by atoms with Gasteiger partial charge in [0.2, 0.25) is 0 Å². The topological polar surface area (TPSA) is 79.2 Å². The lowest BCUT2D eigenvalue weighted by atomic mass is 10.2. The Morgan fingerprint density at radius 3 is 2.53 bits per heavy atom. The van der Waals surface area contributed by atoms with Crippen molar-refractivity contribution in [3.8, 4) is 0 Å². The van der Waals surface area contributed by atoms with Gasteiger partial charge in [0, 0.05) is 26.1 Å². The predicted octanol–water partition coefficient (Wildman–Crippen LogP) is 0.586. The first-order valence-corrected chi connectivity index (χ1v) is 6.68. The molecule has 0 aromatic rings. The zero-order valence-electron chi connectivity index (χ0n) is 12.2. The van der Waals surface area contributed by atoms with Crippen molar-refractivity contribution >= 4 is 5.97 Å². The molecular formula is C13H27NO5. The van der Waals surface area contributed by atoms with Crippen LogP contribution in [0.3, 0.4) is 0 Å². The molecule has 6 heteroatoms. The first-order valence-electron chi connectivity index (χ1n) is 6.68. The Labute approximate surface area is 115 Å². The highest BCUT2D eigenvalue weighted by Gasteiger charge is 2.15. The van der Waals surface area contributed by atoms with Gasteiger partial charge in [-0.15, -0.1) is 0 Å². The van der Waals surface area contributed by atoms with E-state index in [0.29, 0.717) is 32.7 Å². The summed E-state index contributed by atoms with van der Waals surface area (Å²) in [6.45, 7) is 6.46. The van der Waals surface area contributed by atoms with E-state index in [2.05, 4.69) is 4.90 Å². The second-order valence-corrected chi connectivity index (χ2v) is 4.81. The molecule has 114 valence electrons. The Morgan fingerprint density at radius 2 is 2.00 bits per heavy atom. The summed E-state index contributed by atoms with van der Waals surface area (Å²) in [4.78, 5) is 12.5. The number of carboxylic acid groups (broad SMARTS) is 1. The van der Waals surface area contributed by atoms with Gasteiger partial charge in [-0.25, -0.2) is 0 Å². The van der Waals surface area contributed by atoms with Crippen molar-refractivity contribution in [3.63, 3.8) is 0 Å². The SMILES string of the molecule is COCCOCC(O)CN(CCCC(=O)O)C(C)C. The number of carbonyl (C=O) groups is 1. The van der Waals surface area contributed by atoms with Crippen molar-refractivity contribution in [1.82, 2.24) is 4.90 Å². The molecule has 1 atom stereocenters. The lowest BCUT2D eigenvalue weighted by Crippen LogP contribution is -2.40. The van der Waals surface area contributed by atoms with Crippen LogP contribution in [0.15, 0.2) is 0 Å². The second kappa shape index (κ2) is 11.2. The molecule has 0 radical (unpaired) electrons. The lowest BCUT2D eigenvalue weighted by molar-refractivity contribution is -0.137. The van der Waals surface area contributed by atoms with Crippen LogP contribution < -0.4 is 0 Å². The number of hydrogen-bond acceptors (Lipinski definition) is 5. The molecule has 19 heavy (non-hydrogen) atoms. The van der Waals surface area contributed by atoms with Crippen LogP contribution in [0, 0.1) is 0 Å². The fraction of sp³-hybridized carbons (Fsp3) is 0.923. The Bertz CT molecular complexity index is 235. The molecule has 0 aromatic heterocycles. The largest absolute Gasteiger partial charge is 0.481 e. The minimum absolute atomic E-state index is 0.156. The minimum atomic E-state index is -0.785. The lowest BCUT2D eigenvalue weighted by Gasteiger charge is -2.28. The third-order valence-electron chi connectivity index (χ3n) is 2.75. The average Bonchev–Trinajstić information content (AvgIpc) is 2.33. The van der Waals surface area contributed by atoms with Gasteiger partial charge in [-0.1, -0.05) is 0 Å². The molecule has 0 aliphatic rings. The number of aliphatic hydroxyl groups excluding tert-OH is 1. The first-order chi connectivity index (χ1) is 8.97. The van der Waals surface area contributed by atoms with Crippen LogP contribution in [-0.4, -0.2) is 73.2 Å². The van der Waals surface area contributed by atoms with Crippen LogP contribution in [0.5, 0.6) is 0 Å². The maximum absolute atomic E-state index is 10.5. The van der Waals surface area contributed by atoms with E-state index in [1.54, 1.807) is 7.11 Å². The highest BCUT2D eigenvalue weighted by Crippen LogP contribution is 2.04. The average molecular weight is 277 g/mol. The van der Waals surface area contributed by atoms with E-state index < -0.39 is 12.1 Å². The summed E-state index contributed by atoms with van der Waals surface area (Å²) >= 11 is 0. The molecule has 0 fully saturated rings. The summed E-state index contributed by atoms with van der Waals surface area (Å²) in [7, 11) is 1.60. The quantitative estimate of drug-likeness (QED) is 0.508. The van der Waals surface area contributed by atoms with Gasteiger partial charge < -0.3 is 19.7 Å². The fourth-order valence-electron chi connectivity index (χ4n) is 1.68. The van der Waals surface area contributed by atoms with Crippen LogP contribution in [0.25, 0.3) is 0 Å². The Balaban J connectivity index is 3.87. The first kappa shape index (κ1) is 18.3. The molecule has 6 nitrogen and oxygen atoms in total. The van der Waals surface area contributed by atoms with Crippen molar-refractivity contribution in [1.29, 1.82) is 0 Å². The molecule has 0 spiro atoms. The highest BCUT2D eigenvalue weighted by atomic mass is 16.5. The third-order valence-corrected chi connectivity index (χ3v) is 2.75. The van der Waals surface area contributed by atoms with Crippen molar-refractivity contribution in [3.05, 3.63) is 0 Å². The standard InChI is InChI=1S/C13H27NO5/c1-11(2)14(6-4-5-13(16)17)9-12(15)10-19-8-7-18-3/h11-12,15H,4-10H2,1-3H3,(H,16,17). The molecule has 0 aromatic carbocycles. The van der Waals surface area contributed by atoms with Gasteiger partial charge in [0.15, 0.2) is 0 Å². The van der Waals surface area contributed by atoms with Crippen LogP contribution >= 0.6 is 0 Å².